The molecular weight excluding hydrogens is 260 g/mol. The first-order valence-corrected chi connectivity index (χ1v) is 6.88. The molecule has 0 saturated carbocycles. The maximum absolute atomic E-state index is 12.3. The van der Waals surface area contributed by atoms with Crippen LogP contribution in [0.2, 0.25) is 0 Å². The van der Waals surface area contributed by atoms with Gasteiger partial charge < -0.3 is 0 Å². The van der Waals surface area contributed by atoms with E-state index in [1.165, 1.54) is 12.2 Å². The fourth-order valence-electron chi connectivity index (χ4n) is 2.50. The maximum atomic E-state index is 12.3. The zero-order valence-electron chi connectivity index (χ0n) is 12.5. The van der Waals surface area contributed by atoms with Crippen LogP contribution < -0.4 is 0 Å². The van der Waals surface area contributed by atoms with Gasteiger partial charge in [-0.3, -0.25) is 9.59 Å². The molecule has 0 aliphatic heterocycles. The van der Waals surface area contributed by atoms with Crippen molar-refractivity contribution < 1.29 is 9.59 Å². The van der Waals surface area contributed by atoms with Crippen molar-refractivity contribution in [3.05, 3.63) is 82.4 Å². The minimum Gasteiger partial charge on any atom is -0.289 e. The van der Waals surface area contributed by atoms with Crippen LogP contribution >= 0.6 is 0 Å². The van der Waals surface area contributed by atoms with Gasteiger partial charge in [-0.05, 0) is 44.1 Å². The number of benzene rings is 2. The van der Waals surface area contributed by atoms with Gasteiger partial charge in [0.15, 0.2) is 11.6 Å². The molecule has 0 N–H and O–H groups in total. The summed E-state index contributed by atoms with van der Waals surface area (Å²) in [5, 5.41) is 0. The van der Waals surface area contributed by atoms with Gasteiger partial charge in [0, 0.05) is 11.1 Å². The van der Waals surface area contributed by atoms with Crippen LogP contribution in [0.1, 0.15) is 37.4 Å². The number of allylic oxidation sites excluding steroid dienone is 2. The van der Waals surface area contributed by atoms with Gasteiger partial charge in [0.25, 0.3) is 0 Å². The molecule has 0 atom stereocenters. The van der Waals surface area contributed by atoms with Crippen LogP contribution in [-0.2, 0) is 0 Å². The second-order valence-corrected chi connectivity index (χ2v) is 5.20. The van der Waals surface area contributed by atoms with Crippen LogP contribution in [0.3, 0.4) is 0 Å². The molecule has 0 spiro atoms. The highest BCUT2D eigenvalue weighted by Gasteiger charge is 2.10. The van der Waals surface area contributed by atoms with Crippen molar-refractivity contribution in [3.8, 4) is 0 Å². The summed E-state index contributed by atoms with van der Waals surface area (Å²) in [5.41, 5.74) is 4.27. The Morgan fingerprint density at radius 2 is 1.33 bits per heavy atom. The van der Waals surface area contributed by atoms with E-state index < -0.39 is 0 Å². The Kier molecular flexibility index (Phi) is 4.49. The van der Waals surface area contributed by atoms with Crippen LogP contribution in [0.5, 0.6) is 0 Å². The number of hydrogen-bond acceptors (Lipinski definition) is 2. The largest absolute Gasteiger partial charge is 0.289 e. The fraction of sp³-hybridized carbons (Fsp3) is 0.158. The Morgan fingerprint density at radius 1 is 0.810 bits per heavy atom. The van der Waals surface area contributed by atoms with E-state index >= 15 is 0 Å². The summed E-state index contributed by atoms with van der Waals surface area (Å²) in [6, 6.07) is 12.9. The van der Waals surface area contributed by atoms with Gasteiger partial charge >= 0.3 is 0 Å². The SMILES string of the molecule is Cc1cc(C)c(C(=O)/C=C/C(=O)c2ccccc2)c(C)c1. The Bertz CT molecular complexity index is 687. The average molecular weight is 278 g/mol. The van der Waals surface area contributed by atoms with Crippen molar-refractivity contribution in [2.45, 2.75) is 20.8 Å². The van der Waals surface area contributed by atoms with Crippen molar-refractivity contribution >= 4 is 11.6 Å². The van der Waals surface area contributed by atoms with Gasteiger partial charge in [-0.1, -0.05) is 48.0 Å². The molecule has 2 rings (SSSR count). The van der Waals surface area contributed by atoms with E-state index in [9.17, 15) is 9.59 Å². The molecule has 0 radical (unpaired) electrons. The topological polar surface area (TPSA) is 34.1 Å². The molecule has 0 amide bonds. The molecule has 0 heterocycles. The Hall–Kier alpha value is -2.48. The first-order chi connectivity index (χ1) is 9.99. The molecule has 0 aromatic heterocycles. The highest BCUT2D eigenvalue weighted by molar-refractivity contribution is 6.12. The predicted molar refractivity (Wildman–Crippen MR) is 84.9 cm³/mol. The van der Waals surface area contributed by atoms with E-state index in [4.69, 9.17) is 0 Å². The molecular formula is C19H18O2. The smallest absolute Gasteiger partial charge is 0.186 e. The van der Waals surface area contributed by atoms with Crippen LogP contribution in [-0.4, -0.2) is 11.6 Å². The van der Waals surface area contributed by atoms with Gasteiger partial charge in [0.05, 0.1) is 0 Å². The number of rotatable bonds is 4. The summed E-state index contributed by atoms with van der Waals surface area (Å²) < 4.78 is 0. The summed E-state index contributed by atoms with van der Waals surface area (Å²) in [5.74, 6) is -0.291. The quantitative estimate of drug-likeness (QED) is 0.619. The van der Waals surface area contributed by atoms with Crippen LogP contribution in [0.4, 0.5) is 0 Å². The van der Waals surface area contributed by atoms with Crippen molar-refractivity contribution in [3.63, 3.8) is 0 Å². The van der Waals surface area contributed by atoms with E-state index in [1.54, 1.807) is 24.3 Å². The number of aryl methyl sites for hydroxylation is 3. The first kappa shape index (κ1) is 14.9. The van der Waals surface area contributed by atoms with E-state index in [0.717, 1.165) is 16.7 Å². The van der Waals surface area contributed by atoms with Crippen LogP contribution in [0.15, 0.2) is 54.6 Å². The lowest BCUT2D eigenvalue weighted by Gasteiger charge is -2.07. The van der Waals surface area contributed by atoms with Gasteiger partial charge in [-0.2, -0.15) is 0 Å². The molecule has 2 heteroatoms. The summed E-state index contributed by atoms with van der Waals surface area (Å²) in [6.45, 7) is 5.84. The fourth-order valence-corrected chi connectivity index (χ4v) is 2.50. The Balaban J connectivity index is 2.23. The van der Waals surface area contributed by atoms with E-state index in [2.05, 4.69) is 0 Å². The maximum Gasteiger partial charge on any atom is 0.186 e. The van der Waals surface area contributed by atoms with Gasteiger partial charge in [-0.15, -0.1) is 0 Å². The molecule has 2 aromatic carbocycles. The minimum absolute atomic E-state index is 0.130. The molecule has 106 valence electrons. The minimum atomic E-state index is -0.161. The van der Waals surface area contributed by atoms with Gasteiger partial charge in [-0.25, -0.2) is 0 Å². The van der Waals surface area contributed by atoms with Crippen molar-refractivity contribution in [2.24, 2.45) is 0 Å². The number of ketones is 2. The second kappa shape index (κ2) is 6.31. The highest BCUT2D eigenvalue weighted by Crippen LogP contribution is 2.17. The van der Waals surface area contributed by atoms with Crippen LogP contribution in [0, 0.1) is 20.8 Å². The molecule has 0 saturated heterocycles. The Labute approximate surface area is 125 Å². The lowest BCUT2D eigenvalue weighted by molar-refractivity contribution is 0.102. The molecule has 0 aliphatic carbocycles. The molecule has 21 heavy (non-hydrogen) atoms. The van der Waals surface area contributed by atoms with Crippen molar-refractivity contribution in [2.75, 3.05) is 0 Å². The molecule has 0 unspecified atom stereocenters. The Morgan fingerprint density at radius 3 is 1.90 bits per heavy atom. The third kappa shape index (κ3) is 3.54. The van der Waals surface area contributed by atoms with Gasteiger partial charge in [0.1, 0.15) is 0 Å². The molecule has 2 nitrogen and oxygen atoms in total. The van der Waals surface area contributed by atoms with E-state index in [-0.39, 0.29) is 11.6 Å². The molecule has 0 bridgehead atoms. The predicted octanol–water partition coefficient (Wildman–Crippen LogP) is 4.23. The lowest BCUT2D eigenvalue weighted by Crippen LogP contribution is -2.03. The zero-order chi connectivity index (χ0) is 15.4. The van der Waals surface area contributed by atoms with Gasteiger partial charge in [0.2, 0.25) is 0 Å². The molecule has 2 aromatic rings. The monoisotopic (exact) mass is 278 g/mol. The zero-order valence-corrected chi connectivity index (χ0v) is 12.5. The third-order valence-electron chi connectivity index (χ3n) is 3.37. The summed E-state index contributed by atoms with van der Waals surface area (Å²) in [4.78, 5) is 24.3. The van der Waals surface area contributed by atoms with E-state index in [0.29, 0.717) is 11.1 Å². The number of hydrogen-bond donors (Lipinski definition) is 0. The normalized spacial score (nSPS) is 10.8. The number of carbonyl (C=O) groups is 2. The van der Waals surface area contributed by atoms with Crippen LogP contribution in [0.25, 0.3) is 0 Å². The molecule has 0 aliphatic rings. The molecule has 0 fully saturated rings. The summed E-state index contributed by atoms with van der Waals surface area (Å²) >= 11 is 0. The average Bonchev–Trinajstić information content (AvgIpc) is 2.44. The highest BCUT2D eigenvalue weighted by atomic mass is 16.1. The lowest BCUT2D eigenvalue weighted by atomic mass is 9.96. The van der Waals surface area contributed by atoms with Crippen molar-refractivity contribution in [1.82, 2.24) is 0 Å². The second-order valence-electron chi connectivity index (χ2n) is 5.20. The standard InChI is InChI=1S/C19H18O2/c1-13-11-14(2)19(15(3)12-13)18(21)10-9-17(20)16-7-5-4-6-8-16/h4-12H,1-3H3/b10-9+. The third-order valence-corrected chi connectivity index (χ3v) is 3.37. The van der Waals surface area contributed by atoms with Crippen molar-refractivity contribution in [1.29, 1.82) is 0 Å². The first-order valence-electron chi connectivity index (χ1n) is 6.88. The van der Waals surface area contributed by atoms with E-state index in [1.807, 2.05) is 39.0 Å². The summed E-state index contributed by atoms with van der Waals surface area (Å²) in [7, 11) is 0. The number of carbonyl (C=O) groups excluding carboxylic acids is 2. The summed E-state index contributed by atoms with van der Waals surface area (Å²) in [6.07, 6.45) is 2.70.